The molecule has 2 N–H and O–H groups in total. The molecule has 0 aliphatic heterocycles. The lowest BCUT2D eigenvalue weighted by Crippen LogP contribution is -2.06. The van der Waals surface area contributed by atoms with Crippen LogP contribution in [0, 0.1) is 11.3 Å². The first-order chi connectivity index (χ1) is 4.26. The predicted octanol–water partition coefficient (Wildman–Crippen LogP) is 0.190. The van der Waals surface area contributed by atoms with Gasteiger partial charge in [0, 0.05) is 0 Å². The highest BCUT2D eigenvalue weighted by molar-refractivity contribution is 6.47. The van der Waals surface area contributed by atoms with Crippen LogP contribution < -0.4 is 0 Å². The highest BCUT2D eigenvalue weighted by Crippen LogP contribution is 1.79. The van der Waals surface area contributed by atoms with Crippen molar-refractivity contribution in [2.75, 3.05) is 0 Å². The molecule has 0 unspecified atom stereocenters. The summed E-state index contributed by atoms with van der Waals surface area (Å²) in [6.45, 7) is 1.35. The summed E-state index contributed by atoms with van der Waals surface area (Å²) < 4.78 is 0. The van der Waals surface area contributed by atoms with Gasteiger partial charge in [-0.05, 0) is 6.92 Å². The van der Waals surface area contributed by atoms with E-state index in [1.54, 1.807) is 0 Å². The summed E-state index contributed by atoms with van der Waals surface area (Å²) in [7, 11) is 0. The van der Waals surface area contributed by atoms with E-state index in [4.69, 9.17) is 15.7 Å². The van der Waals surface area contributed by atoms with Crippen LogP contribution in [0.15, 0.2) is 10.3 Å². The summed E-state index contributed by atoms with van der Waals surface area (Å²) in [6, 6.07) is 1.51. The number of hydrogen-bond donors (Lipinski definition) is 2. The first kappa shape index (κ1) is 7.43. The summed E-state index contributed by atoms with van der Waals surface area (Å²) in [5.74, 6) is 0. The molecule has 0 amide bonds. The molecule has 0 bridgehead atoms. The van der Waals surface area contributed by atoms with Gasteiger partial charge in [-0.2, -0.15) is 5.26 Å². The van der Waals surface area contributed by atoms with Crippen molar-refractivity contribution in [2.24, 2.45) is 10.3 Å². The fraction of sp³-hybridized carbons (Fsp3) is 0.250. The molecule has 0 aromatic rings. The van der Waals surface area contributed by atoms with Crippen molar-refractivity contribution in [3.8, 4) is 6.07 Å². The van der Waals surface area contributed by atoms with Crippen molar-refractivity contribution in [3.05, 3.63) is 0 Å². The molecular formula is C4H5N3O2. The third kappa shape index (κ3) is 1.78. The lowest BCUT2D eigenvalue weighted by atomic mass is 10.3. The van der Waals surface area contributed by atoms with E-state index >= 15 is 0 Å². The summed E-state index contributed by atoms with van der Waals surface area (Å²) in [5, 5.41) is 29.3. The van der Waals surface area contributed by atoms with Crippen LogP contribution in [0.2, 0.25) is 0 Å². The second-order valence-electron chi connectivity index (χ2n) is 1.25. The molecule has 0 saturated carbocycles. The Kier molecular flexibility index (Phi) is 2.84. The minimum atomic E-state index is -0.294. The van der Waals surface area contributed by atoms with E-state index in [1.807, 2.05) is 0 Å². The first-order valence-corrected chi connectivity index (χ1v) is 2.07. The molecule has 0 atom stereocenters. The summed E-state index contributed by atoms with van der Waals surface area (Å²) in [4.78, 5) is 0. The summed E-state index contributed by atoms with van der Waals surface area (Å²) >= 11 is 0. The van der Waals surface area contributed by atoms with Crippen LogP contribution in [0.3, 0.4) is 0 Å². The van der Waals surface area contributed by atoms with Crippen LogP contribution in [-0.4, -0.2) is 21.8 Å². The average molecular weight is 127 g/mol. The van der Waals surface area contributed by atoms with Crippen molar-refractivity contribution >= 4 is 11.4 Å². The van der Waals surface area contributed by atoms with Gasteiger partial charge in [-0.15, -0.1) is 0 Å². The van der Waals surface area contributed by atoms with Crippen molar-refractivity contribution < 1.29 is 10.4 Å². The van der Waals surface area contributed by atoms with E-state index in [0.29, 0.717) is 0 Å². The van der Waals surface area contributed by atoms with Crippen molar-refractivity contribution in [2.45, 2.75) is 6.92 Å². The van der Waals surface area contributed by atoms with Gasteiger partial charge in [0.15, 0.2) is 0 Å². The molecule has 0 aromatic carbocycles. The van der Waals surface area contributed by atoms with Crippen molar-refractivity contribution in [3.63, 3.8) is 0 Å². The zero-order valence-corrected chi connectivity index (χ0v) is 4.74. The van der Waals surface area contributed by atoms with E-state index in [0.717, 1.165) is 0 Å². The molecular weight excluding hydrogens is 122 g/mol. The molecule has 0 radical (unpaired) electrons. The molecule has 9 heavy (non-hydrogen) atoms. The third-order valence-electron chi connectivity index (χ3n) is 0.699. The average Bonchev–Trinajstić information content (AvgIpc) is 1.90. The Labute approximate surface area is 51.5 Å². The van der Waals surface area contributed by atoms with E-state index in [1.165, 1.54) is 13.0 Å². The van der Waals surface area contributed by atoms with Gasteiger partial charge in [-0.3, -0.25) is 0 Å². The normalized spacial score (nSPS) is 12.9. The predicted molar refractivity (Wildman–Crippen MR) is 29.7 cm³/mol. The van der Waals surface area contributed by atoms with Crippen LogP contribution in [0.5, 0.6) is 0 Å². The molecule has 0 aromatic heterocycles. The Morgan fingerprint density at radius 2 is 2.00 bits per heavy atom. The van der Waals surface area contributed by atoms with E-state index in [9.17, 15) is 0 Å². The Morgan fingerprint density at radius 3 is 2.11 bits per heavy atom. The molecule has 0 saturated heterocycles. The Bertz CT molecular complexity index is 188. The first-order valence-electron chi connectivity index (χ1n) is 2.07. The van der Waals surface area contributed by atoms with Gasteiger partial charge in [0.25, 0.3) is 0 Å². The zero-order valence-electron chi connectivity index (χ0n) is 4.74. The lowest BCUT2D eigenvalue weighted by molar-refractivity contribution is 0.314. The van der Waals surface area contributed by atoms with Gasteiger partial charge in [-0.25, -0.2) is 0 Å². The van der Waals surface area contributed by atoms with Gasteiger partial charge >= 0.3 is 0 Å². The second kappa shape index (κ2) is 3.43. The SMILES string of the molecule is CC(=N\O)/C(C#N)=N/O. The maximum atomic E-state index is 8.09. The number of oxime groups is 2. The Morgan fingerprint density at radius 1 is 1.44 bits per heavy atom. The smallest absolute Gasteiger partial charge is 0.203 e. The molecule has 0 fully saturated rings. The quantitative estimate of drug-likeness (QED) is 0.299. The van der Waals surface area contributed by atoms with Gasteiger partial charge in [0.2, 0.25) is 5.71 Å². The summed E-state index contributed by atoms with van der Waals surface area (Å²) in [6.07, 6.45) is 0. The number of nitriles is 1. The van der Waals surface area contributed by atoms with Gasteiger partial charge in [-0.1, -0.05) is 10.3 Å². The van der Waals surface area contributed by atoms with Crippen LogP contribution in [-0.2, 0) is 0 Å². The summed E-state index contributed by atoms with van der Waals surface area (Å²) in [5.41, 5.74) is -0.308. The highest BCUT2D eigenvalue weighted by Gasteiger charge is 2.00. The number of hydrogen-bond acceptors (Lipinski definition) is 5. The van der Waals surface area contributed by atoms with Crippen LogP contribution in [0.4, 0.5) is 0 Å². The van der Waals surface area contributed by atoms with Crippen molar-refractivity contribution in [1.29, 1.82) is 5.26 Å². The Hall–Kier alpha value is -1.57. The van der Waals surface area contributed by atoms with Crippen molar-refractivity contribution in [1.82, 2.24) is 0 Å². The molecule has 0 heterocycles. The van der Waals surface area contributed by atoms with Gasteiger partial charge in [0.05, 0.1) is 0 Å². The zero-order chi connectivity index (χ0) is 7.28. The number of nitrogens with zero attached hydrogens (tertiary/aromatic N) is 3. The van der Waals surface area contributed by atoms with Crippen LogP contribution in [0.1, 0.15) is 6.92 Å². The van der Waals surface area contributed by atoms with Gasteiger partial charge < -0.3 is 10.4 Å². The molecule has 0 aliphatic rings. The second-order valence-corrected chi connectivity index (χ2v) is 1.25. The fourth-order valence-electron chi connectivity index (χ4n) is 0.223. The highest BCUT2D eigenvalue weighted by atomic mass is 16.4. The molecule has 48 valence electrons. The van der Waals surface area contributed by atoms with E-state index in [2.05, 4.69) is 10.3 Å². The standard InChI is InChI=1S/C4H5N3O2/c1-3(6-8)4(2-5)7-9/h8-9H,1H3/b6-3+,7-4+. The van der Waals surface area contributed by atoms with E-state index < -0.39 is 0 Å². The monoisotopic (exact) mass is 127 g/mol. The molecule has 0 rings (SSSR count). The maximum Gasteiger partial charge on any atom is 0.203 e. The topological polar surface area (TPSA) is 89.0 Å². The molecule has 5 heteroatoms. The minimum absolute atomic E-state index is 0.0139. The van der Waals surface area contributed by atoms with Gasteiger partial charge in [0.1, 0.15) is 11.8 Å². The molecule has 0 aliphatic carbocycles. The molecule has 5 nitrogen and oxygen atoms in total. The fourth-order valence-corrected chi connectivity index (χ4v) is 0.223. The van der Waals surface area contributed by atoms with Crippen LogP contribution in [0.25, 0.3) is 0 Å². The third-order valence-corrected chi connectivity index (χ3v) is 0.699. The Balaban J connectivity index is 4.39. The van der Waals surface area contributed by atoms with E-state index in [-0.39, 0.29) is 11.4 Å². The largest absolute Gasteiger partial charge is 0.411 e. The van der Waals surface area contributed by atoms with Crippen LogP contribution >= 0.6 is 0 Å². The lowest BCUT2D eigenvalue weighted by Gasteiger charge is -1.85. The number of rotatable bonds is 1. The molecule has 0 spiro atoms. The minimum Gasteiger partial charge on any atom is -0.411 e. The maximum absolute atomic E-state index is 8.09.